The Bertz CT molecular complexity index is 688. The van der Waals surface area contributed by atoms with Gasteiger partial charge in [-0.2, -0.15) is 5.10 Å². The molecule has 1 aliphatic carbocycles. The molecule has 7 heteroatoms. The number of nitrogens with one attached hydrogen (secondary N) is 1. The van der Waals surface area contributed by atoms with Crippen molar-refractivity contribution in [2.45, 2.75) is 83.8 Å². The molecule has 2 heterocycles. The maximum Gasteiger partial charge on any atom is 0.229 e. The van der Waals surface area contributed by atoms with Crippen LogP contribution in [0.1, 0.15) is 69.3 Å². The van der Waals surface area contributed by atoms with E-state index in [1.165, 1.54) is 4.90 Å². The van der Waals surface area contributed by atoms with Crippen LogP contribution in [0.4, 0.5) is 0 Å². The zero-order valence-corrected chi connectivity index (χ0v) is 15.8. The van der Waals surface area contributed by atoms with Crippen molar-refractivity contribution in [2.24, 2.45) is 0 Å². The quantitative estimate of drug-likeness (QED) is 0.814. The van der Waals surface area contributed by atoms with E-state index in [9.17, 15) is 14.4 Å². The summed E-state index contributed by atoms with van der Waals surface area (Å²) < 4.78 is 1.90. The van der Waals surface area contributed by atoms with Crippen molar-refractivity contribution in [1.29, 1.82) is 0 Å². The van der Waals surface area contributed by atoms with Crippen LogP contribution in [0.2, 0.25) is 0 Å². The first-order valence-electron chi connectivity index (χ1n) is 9.52. The Morgan fingerprint density at radius 1 is 1.19 bits per heavy atom. The van der Waals surface area contributed by atoms with Gasteiger partial charge in [0.1, 0.15) is 0 Å². The fourth-order valence-corrected chi connectivity index (χ4v) is 4.21. The van der Waals surface area contributed by atoms with E-state index in [1.54, 1.807) is 0 Å². The summed E-state index contributed by atoms with van der Waals surface area (Å²) in [6.07, 6.45) is 4.25. The Morgan fingerprint density at radius 3 is 2.35 bits per heavy atom. The first kappa shape index (κ1) is 18.6. The smallest absolute Gasteiger partial charge is 0.229 e. The van der Waals surface area contributed by atoms with E-state index in [0.29, 0.717) is 19.3 Å². The number of nitrogens with zero attached hydrogens (tertiary/aromatic N) is 3. The Balaban J connectivity index is 1.47. The molecule has 0 radical (unpaired) electrons. The number of hydrogen-bond donors (Lipinski definition) is 1. The first-order chi connectivity index (χ1) is 12.3. The number of carbonyl (C=O) groups is 3. The number of hydrogen-bond acceptors (Lipinski definition) is 4. The molecular formula is C19H28N4O3. The van der Waals surface area contributed by atoms with Gasteiger partial charge in [-0.25, -0.2) is 0 Å². The lowest BCUT2D eigenvalue weighted by molar-refractivity contribution is -0.142. The summed E-state index contributed by atoms with van der Waals surface area (Å²) in [6.45, 7) is 5.95. The molecule has 26 heavy (non-hydrogen) atoms. The monoisotopic (exact) mass is 360 g/mol. The van der Waals surface area contributed by atoms with Gasteiger partial charge in [0, 0.05) is 37.0 Å². The molecule has 1 aromatic rings. The van der Waals surface area contributed by atoms with Crippen molar-refractivity contribution in [3.8, 4) is 0 Å². The molecule has 1 aromatic heterocycles. The second-order valence-corrected chi connectivity index (χ2v) is 7.66. The molecule has 2 fully saturated rings. The third kappa shape index (κ3) is 3.97. The average molecular weight is 360 g/mol. The maximum absolute atomic E-state index is 12.4. The molecule has 1 atom stereocenters. The van der Waals surface area contributed by atoms with E-state index < -0.39 is 0 Å². The number of carbonyl (C=O) groups excluding carboxylic acids is 3. The molecule has 7 nitrogen and oxygen atoms in total. The van der Waals surface area contributed by atoms with Gasteiger partial charge in [0.2, 0.25) is 17.7 Å². The van der Waals surface area contributed by atoms with Crippen molar-refractivity contribution in [1.82, 2.24) is 20.0 Å². The van der Waals surface area contributed by atoms with E-state index in [1.807, 2.05) is 31.5 Å². The molecule has 0 aromatic carbocycles. The number of amides is 3. The minimum atomic E-state index is -0.0406. The maximum atomic E-state index is 12.4. The summed E-state index contributed by atoms with van der Waals surface area (Å²) in [6, 6.07) is 2.16. The van der Waals surface area contributed by atoms with Crippen LogP contribution in [0.15, 0.2) is 6.07 Å². The van der Waals surface area contributed by atoms with E-state index in [4.69, 9.17) is 0 Å². The van der Waals surface area contributed by atoms with Gasteiger partial charge in [-0.15, -0.1) is 0 Å². The van der Waals surface area contributed by atoms with Crippen LogP contribution in [0.5, 0.6) is 0 Å². The summed E-state index contributed by atoms with van der Waals surface area (Å²) in [5.74, 6) is -0.0516. The Kier molecular flexibility index (Phi) is 5.44. The van der Waals surface area contributed by atoms with Crippen LogP contribution in [0.3, 0.4) is 0 Å². The van der Waals surface area contributed by atoms with Gasteiger partial charge >= 0.3 is 0 Å². The summed E-state index contributed by atoms with van der Waals surface area (Å²) in [5.41, 5.74) is 2.02. The molecule has 1 aliphatic heterocycles. The summed E-state index contributed by atoms with van der Waals surface area (Å²) in [7, 11) is 0. The van der Waals surface area contributed by atoms with Gasteiger partial charge in [0.25, 0.3) is 0 Å². The van der Waals surface area contributed by atoms with Crippen molar-refractivity contribution < 1.29 is 14.4 Å². The highest BCUT2D eigenvalue weighted by Gasteiger charge is 2.37. The van der Waals surface area contributed by atoms with Gasteiger partial charge in [0.15, 0.2) is 0 Å². The lowest BCUT2D eigenvalue weighted by Crippen LogP contribution is -2.46. The summed E-state index contributed by atoms with van der Waals surface area (Å²) in [4.78, 5) is 37.6. The van der Waals surface area contributed by atoms with E-state index >= 15 is 0 Å². The molecule has 1 saturated heterocycles. The topological polar surface area (TPSA) is 84.3 Å². The molecule has 2 aliphatic rings. The lowest BCUT2D eigenvalue weighted by Gasteiger charge is -2.33. The zero-order valence-electron chi connectivity index (χ0n) is 15.8. The molecular weight excluding hydrogens is 332 g/mol. The summed E-state index contributed by atoms with van der Waals surface area (Å²) >= 11 is 0. The van der Waals surface area contributed by atoms with Crippen molar-refractivity contribution >= 4 is 17.7 Å². The predicted molar refractivity (Wildman–Crippen MR) is 96.3 cm³/mol. The molecule has 0 unspecified atom stereocenters. The number of likely N-dealkylation sites (tertiary alicyclic amines) is 1. The van der Waals surface area contributed by atoms with Crippen molar-refractivity contribution in [2.75, 3.05) is 0 Å². The van der Waals surface area contributed by atoms with Crippen LogP contribution in [-0.2, 0) is 14.4 Å². The lowest BCUT2D eigenvalue weighted by atomic mass is 9.90. The average Bonchev–Trinajstić information content (AvgIpc) is 3.09. The van der Waals surface area contributed by atoms with Crippen molar-refractivity contribution in [3.05, 3.63) is 17.5 Å². The van der Waals surface area contributed by atoms with Gasteiger partial charge in [-0.05, 0) is 52.5 Å². The number of imide groups is 1. The molecule has 0 bridgehead atoms. The molecule has 3 amide bonds. The van der Waals surface area contributed by atoms with Gasteiger partial charge in [-0.1, -0.05) is 0 Å². The standard InChI is InChI=1S/C19H28N4O3/c1-12-10-13(2)23(21-12)14(3)11-17(24)20-15-4-6-16(7-5-15)22-18(25)8-9-19(22)26/h10,14-16H,4-9,11H2,1-3H3,(H,20,24)/t14-,15?,16?/m1/s1. The highest BCUT2D eigenvalue weighted by Crippen LogP contribution is 2.27. The highest BCUT2D eigenvalue weighted by atomic mass is 16.2. The number of rotatable bonds is 5. The Hall–Kier alpha value is -2.18. The van der Waals surface area contributed by atoms with E-state index in [2.05, 4.69) is 10.4 Å². The van der Waals surface area contributed by atoms with Crippen molar-refractivity contribution in [3.63, 3.8) is 0 Å². The molecule has 3 rings (SSSR count). The second-order valence-electron chi connectivity index (χ2n) is 7.66. The Labute approximate surface area is 154 Å². The normalized spacial score (nSPS) is 24.8. The molecule has 1 N–H and O–H groups in total. The molecule has 142 valence electrons. The van der Waals surface area contributed by atoms with Crippen LogP contribution >= 0.6 is 0 Å². The third-order valence-corrected chi connectivity index (χ3v) is 5.46. The molecule has 1 saturated carbocycles. The number of aromatic nitrogens is 2. The minimum Gasteiger partial charge on any atom is -0.353 e. The van der Waals surface area contributed by atoms with Gasteiger partial charge < -0.3 is 5.32 Å². The van der Waals surface area contributed by atoms with Gasteiger partial charge in [-0.3, -0.25) is 24.0 Å². The SMILES string of the molecule is Cc1cc(C)n([C@H](C)CC(=O)NC2CCC(N3C(=O)CCC3=O)CC2)n1. The molecule has 0 spiro atoms. The van der Waals surface area contributed by atoms with Crippen LogP contribution in [-0.4, -0.2) is 44.5 Å². The third-order valence-electron chi connectivity index (χ3n) is 5.46. The van der Waals surface area contributed by atoms with Crippen LogP contribution in [0.25, 0.3) is 0 Å². The predicted octanol–water partition coefficient (Wildman–Crippen LogP) is 2.03. The van der Waals surface area contributed by atoms with E-state index in [0.717, 1.165) is 37.1 Å². The second kappa shape index (κ2) is 7.60. The first-order valence-corrected chi connectivity index (χ1v) is 9.52. The van der Waals surface area contributed by atoms with Gasteiger partial charge in [0.05, 0.1) is 11.7 Å². The Morgan fingerprint density at radius 2 is 1.81 bits per heavy atom. The van der Waals surface area contributed by atoms with E-state index in [-0.39, 0.29) is 35.8 Å². The van der Waals surface area contributed by atoms with Crippen LogP contribution < -0.4 is 5.32 Å². The fraction of sp³-hybridized carbons (Fsp3) is 0.684. The zero-order chi connectivity index (χ0) is 18.8. The minimum absolute atomic E-state index is 0.0132. The summed E-state index contributed by atoms with van der Waals surface area (Å²) in [5, 5.41) is 7.56. The van der Waals surface area contributed by atoms with Crippen LogP contribution in [0, 0.1) is 13.8 Å². The fourth-order valence-electron chi connectivity index (χ4n) is 4.21. The highest BCUT2D eigenvalue weighted by molar-refractivity contribution is 6.02. The number of aryl methyl sites for hydroxylation is 2. The largest absolute Gasteiger partial charge is 0.353 e.